The van der Waals surface area contributed by atoms with E-state index in [2.05, 4.69) is 38.8 Å². The van der Waals surface area contributed by atoms with Gasteiger partial charge in [0.2, 0.25) is 5.82 Å². The molecule has 1 fully saturated rings. The van der Waals surface area contributed by atoms with Crippen LogP contribution in [0.1, 0.15) is 69.7 Å². The number of hydrogen-bond acceptors (Lipinski definition) is 2. The van der Waals surface area contributed by atoms with Gasteiger partial charge in [-0.1, -0.05) is 20.8 Å². The summed E-state index contributed by atoms with van der Waals surface area (Å²) in [5, 5.41) is 0.114. The second kappa shape index (κ2) is 6.11. The van der Waals surface area contributed by atoms with Gasteiger partial charge in [-0.25, -0.2) is 4.98 Å². The van der Waals surface area contributed by atoms with E-state index in [0.717, 1.165) is 18.5 Å². The molecule has 1 aromatic heterocycles. The fourth-order valence-corrected chi connectivity index (χ4v) is 4.97. The summed E-state index contributed by atoms with van der Waals surface area (Å²) in [5.74, 6) is -0.699. The van der Waals surface area contributed by atoms with Crippen LogP contribution in [-0.4, -0.2) is 24.0 Å². The van der Waals surface area contributed by atoms with Crippen LogP contribution >= 0.6 is 0 Å². The van der Waals surface area contributed by atoms with Crippen LogP contribution in [0.25, 0.3) is 0 Å². The highest BCUT2D eigenvalue weighted by Crippen LogP contribution is 2.45. The highest BCUT2D eigenvalue weighted by Gasteiger charge is 2.46. The zero-order chi connectivity index (χ0) is 18.6. The third-order valence-electron chi connectivity index (χ3n) is 6.13. The normalized spacial score (nSPS) is 24.8. The maximum absolute atomic E-state index is 13.5. The fraction of sp³-hybridized carbons (Fsp3) is 0.833. The predicted octanol–water partition coefficient (Wildman–Crippen LogP) is 5.51. The lowest BCUT2D eigenvalue weighted by Gasteiger charge is -2.45. The Morgan fingerprint density at radius 2 is 1.68 bits per heavy atom. The molecule has 0 spiro atoms. The van der Waals surface area contributed by atoms with Gasteiger partial charge in [-0.05, 0) is 56.7 Å². The van der Waals surface area contributed by atoms with Gasteiger partial charge in [0, 0.05) is 17.8 Å². The number of nitrogens with zero attached hydrogens (tertiary/aromatic N) is 2. The Balaban J connectivity index is 1.78. The Morgan fingerprint density at radius 1 is 1.08 bits per heavy atom. The lowest BCUT2D eigenvalue weighted by Crippen LogP contribution is -2.48. The first-order valence-corrected chi connectivity index (χ1v) is 12.2. The minimum Gasteiger partial charge on any atom is -0.414 e. The number of aromatic nitrogens is 2. The summed E-state index contributed by atoms with van der Waals surface area (Å²) in [6.07, 6.45) is 0.286. The molecule has 1 heterocycles. The number of imidazole rings is 1. The highest BCUT2D eigenvalue weighted by molar-refractivity contribution is 6.74. The minimum atomic E-state index is -4.39. The predicted molar refractivity (Wildman–Crippen MR) is 94.2 cm³/mol. The smallest absolute Gasteiger partial charge is 0.414 e. The monoisotopic (exact) mass is 374 g/mol. The maximum atomic E-state index is 13.5. The van der Waals surface area contributed by atoms with E-state index in [1.54, 1.807) is 0 Å². The Morgan fingerprint density at radius 3 is 2.24 bits per heavy atom. The summed E-state index contributed by atoms with van der Waals surface area (Å²) in [5.41, 5.74) is 1.47. The largest absolute Gasteiger partial charge is 0.449 e. The maximum Gasteiger partial charge on any atom is 0.449 e. The quantitative estimate of drug-likeness (QED) is 0.653. The van der Waals surface area contributed by atoms with E-state index in [1.807, 2.05) is 0 Å². The van der Waals surface area contributed by atoms with Crippen molar-refractivity contribution in [2.24, 2.45) is 0 Å². The van der Waals surface area contributed by atoms with Crippen LogP contribution in [0.5, 0.6) is 0 Å². The summed E-state index contributed by atoms with van der Waals surface area (Å²) >= 11 is 0. The zero-order valence-electron chi connectivity index (χ0n) is 15.8. The van der Waals surface area contributed by atoms with E-state index >= 15 is 0 Å². The molecule has 142 valence electrons. The molecule has 2 aliphatic carbocycles. The topological polar surface area (TPSA) is 27.1 Å². The molecule has 0 aliphatic heterocycles. The Bertz CT molecular complexity index is 640. The highest BCUT2D eigenvalue weighted by atomic mass is 28.4. The number of aryl methyl sites for hydroxylation is 1. The van der Waals surface area contributed by atoms with E-state index < -0.39 is 20.3 Å². The first-order valence-electron chi connectivity index (χ1n) is 9.25. The fourth-order valence-electron chi connectivity index (χ4n) is 3.59. The van der Waals surface area contributed by atoms with Gasteiger partial charge in [-0.15, -0.1) is 0 Å². The standard InChI is InChI=1S/C18H29F3N2OSi/c1-17(2,3)25(4,5)24-13-10-12(11-13)23-15-9-7-6-8-14(15)22-16(23)18(19,20)21/h12-13H,6-11H2,1-5H3. The summed E-state index contributed by atoms with van der Waals surface area (Å²) in [4.78, 5) is 3.97. The molecule has 0 atom stereocenters. The van der Waals surface area contributed by atoms with Crippen LogP contribution in [0.4, 0.5) is 13.2 Å². The number of halogens is 3. The summed E-state index contributed by atoms with van der Waals surface area (Å²) in [7, 11) is -1.88. The molecule has 7 heteroatoms. The van der Waals surface area contributed by atoms with Crippen molar-refractivity contribution in [3.05, 3.63) is 17.2 Å². The van der Waals surface area contributed by atoms with Gasteiger partial charge in [0.1, 0.15) is 0 Å². The van der Waals surface area contributed by atoms with Crippen molar-refractivity contribution < 1.29 is 17.6 Å². The molecule has 25 heavy (non-hydrogen) atoms. The molecule has 0 unspecified atom stereocenters. The lowest BCUT2D eigenvalue weighted by molar-refractivity contribution is -0.149. The molecule has 0 amide bonds. The lowest BCUT2D eigenvalue weighted by atomic mass is 9.88. The Hall–Kier alpha value is -0.823. The minimum absolute atomic E-state index is 0.0774. The molecule has 0 radical (unpaired) electrons. The average molecular weight is 375 g/mol. The Kier molecular flexibility index (Phi) is 4.64. The van der Waals surface area contributed by atoms with Crippen LogP contribution in [0.3, 0.4) is 0 Å². The van der Waals surface area contributed by atoms with Crippen molar-refractivity contribution in [1.82, 2.24) is 9.55 Å². The SMILES string of the molecule is CC(C)(C)[Si](C)(C)OC1CC(n2c(C(F)(F)F)nc3c2CCCC3)C1. The second-order valence-corrected chi connectivity index (χ2v) is 13.8. The van der Waals surface area contributed by atoms with Gasteiger partial charge in [0.15, 0.2) is 8.32 Å². The van der Waals surface area contributed by atoms with Crippen LogP contribution < -0.4 is 0 Å². The molecule has 0 saturated heterocycles. The Labute approximate surface area is 149 Å². The van der Waals surface area contributed by atoms with Crippen molar-refractivity contribution >= 4 is 8.32 Å². The molecule has 2 aliphatic rings. The van der Waals surface area contributed by atoms with Crippen molar-refractivity contribution in [2.45, 2.75) is 95.8 Å². The number of hydrogen-bond donors (Lipinski definition) is 0. The van der Waals surface area contributed by atoms with E-state index in [9.17, 15) is 13.2 Å². The third-order valence-corrected chi connectivity index (χ3v) is 10.7. The molecule has 0 N–H and O–H groups in total. The van der Waals surface area contributed by atoms with Crippen molar-refractivity contribution in [3.63, 3.8) is 0 Å². The number of rotatable bonds is 3. The molecule has 3 nitrogen and oxygen atoms in total. The first-order chi connectivity index (χ1) is 11.4. The molecule has 1 aromatic rings. The van der Waals surface area contributed by atoms with Crippen LogP contribution in [-0.2, 0) is 23.4 Å². The van der Waals surface area contributed by atoms with E-state index in [4.69, 9.17) is 4.43 Å². The van der Waals surface area contributed by atoms with Crippen LogP contribution in [0.15, 0.2) is 0 Å². The van der Waals surface area contributed by atoms with Crippen molar-refractivity contribution in [3.8, 4) is 0 Å². The molecule has 0 aromatic carbocycles. The molecule has 0 bridgehead atoms. The van der Waals surface area contributed by atoms with Gasteiger partial charge in [0.05, 0.1) is 5.69 Å². The molecular weight excluding hydrogens is 345 g/mol. The van der Waals surface area contributed by atoms with Gasteiger partial charge < -0.3 is 8.99 Å². The van der Waals surface area contributed by atoms with Crippen LogP contribution in [0, 0.1) is 0 Å². The summed E-state index contributed by atoms with van der Waals surface area (Å²) < 4.78 is 48.3. The van der Waals surface area contributed by atoms with Crippen molar-refractivity contribution in [1.29, 1.82) is 0 Å². The molecule has 1 saturated carbocycles. The third kappa shape index (κ3) is 3.54. The van der Waals surface area contributed by atoms with E-state index in [0.29, 0.717) is 31.4 Å². The van der Waals surface area contributed by atoms with Crippen LogP contribution in [0.2, 0.25) is 18.1 Å². The van der Waals surface area contributed by atoms with Gasteiger partial charge in [-0.3, -0.25) is 0 Å². The zero-order valence-corrected chi connectivity index (χ0v) is 16.8. The van der Waals surface area contributed by atoms with Gasteiger partial charge in [-0.2, -0.15) is 13.2 Å². The number of alkyl halides is 3. The van der Waals surface area contributed by atoms with Gasteiger partial charge in [0.25, 0.3) is 0 Å². The van der Waals surface area contributed by atoms with Crippen molar-refractivity contribution in [2.75, 3.05) is 0 Å². The molecule has 3 rings (SSSR count). The van der Waals surface area contributed by atoms with Gasteiger partial charge >= 0.3 is 6.18 Å². The summed E-state index contributed by atoms with van der Waals surface area (Å²) in [6.45, 7) is 10.9. The first kappa shape index (κ1) is 19.0. The second-order valence-electron chi connectivity index (χ2n) is 9.03. The number of fused-ring (bicyclic) bond motifs is 1. The van der Waals surface area contributed by atoms with E-state index in [-0.39, 0.29) is 17.2 Å². The summed E-state index contributed by atoms with van der Waals surface area (Å²) in [6, 6.07) is -0.124. The molecular formula is C18H29F3N2OSi. The van der Waals surface area contributed by atoms with E-state index in [1.165, 1.54) is 4.57 Å². The average Bonchev–Trinajstić information content (AvgIpc) is 2.80.